The number of rotatable bonds is 4. The molecular formula is C13H15NO2. The lowest BCUT2D eigenvalue weighted by Gasteiger charge is -2.09. The Morgan fingerprint density at radius 1 is 1.44 bits per heavy atom. The van der Waals surface area contributed by atoms with E-state index in [4.69, 9.17) is 4.74 Å². The van der Waals surface area contributed by atoms with Crippen molar-refractivity contribution in [3.63, 3.8) is 0 Å². The van der Waals surface area contributed by atoms with Crippen LogP contribution in [0.1, 0.15) is 17.5 Å². The first kappa shape index (κ1) is 10.7. The van der Waals surface area contributed by atoms with Crippen LogP contribution in [-0.2, 0) is 11.2 Å². The summed E-state index contributed by atoms with van der Waals surface area (Å²) in [5.41, 5.74) is 3.33. The normalized spacial score (nSPS) is 10.6. The lowest BCUT2D eigenvalue weighted by Crippen LogP contribution is -1.94. The number of hydrogen-bond acceptors (Lipinski definition) is 2. The average molecular weight is 217 g/mol. The van der Waals surface area contributed by atoms with E-state index in [1.54, 1.807) is 7.11 Å². The highest BCUT2D eigenvalue weighted by atomic mass is 16.5. The zero-order chi connectivity index (χ0) is 11.5. The molecule has 0 aliphatic carbocycles. The van der Waals surface area contributed by atoms with E-state index in [1.165, 1.54) is 5.56 Å². The zero-order valence-electron chi connectivity index (χ0n) is 9.54. The second-order valence-corrected chi connectivity index (χ2v) is 3.86. The molecule has 0 unspecified atom stereocenters. The molecule has 16 heavy (non-hydrogen) atoms. The molecule has 3 heteroatoms. The summed E-state index contributed by atoms with van der Waals surface area (Å²) in [6.45, 7) is 2.05. The molecular weight excluding hydrogens is 202 g/mol. The zero-order valence-corrected chi connectivity index (χ0v) is 9.54. The smallest absolute Gasteiger partial charge is 0.131 e. The summed E-state index contributed by atoms with van der Waals surface area (Å²) in [5, 5.41) is 1.12. The van der Waals surface area contributed by atoms with Crippen molar-refractivity contribution in [3.05, 3.63) is 29.5 Å². The van der Waals surface area contributed by atoms with Crippen molar-refractivity contribution in [2.75, 3.05) is 7.11 Å². The molecule has 2 aromatic rings. The number of methoxy groups -OCH3 is 1. The number of carbonyl (C=O) groups is 1. The highest BCUT2D eigenvalue weighted by Crippen LogP contribution is 2.32. The maximum atomic E-state index is 10.4. The Hall–Kier alpha value is -1.77. The molecule has 2 rings (SSSR count). The van der Waals surface area contributed by atoms with Gasteiger partial charge in [0.15, 0.2) is 0 Å². The summed E-state index contributed by atoms with van der Waals surface area (Å²) in [4.78, 5) is 13.6. The number of hydrogen-bond donors (Lipinski definition) is 1. The number of aryl methyl sites for hydroxylation is 2. The first-order valence-corrected chi connectivity index (χ1v) is 5.35. The molecule has 0 amide bonds. The largest absolute Gasteiger partial charge is 0.496 e. The van der Waals surface area contributed by atoms with E-state index in [-0.39, 0.29) is 0 Å². The van der Waals surface area contributed by atoms with Crippen molar-refractivity contribution in [2.45, 2.75) is 19.8 Å². The van der Waals surface area contributed by atoms with E-state index in [1.807, 2.05) is 25.3 Å². The molecule has 1 aromatic carbocycles. The Morgan fingerprint density at radius 3 is 2.94 bits per heavy atom. The van der Waals surface area contributed by atoms with Crippen LogP contribution in [0.25, 0.3) is 10.9 Å². The number of H-pyrrole nitrogens is 1. The highest BCUT2D eigenvalue weighted by Gasteiger charge is 2.11. The van der Waals surface area contributed by atoms with Gasteiger partial charge in [-0.05, 0) is 30.5 Å². The summed E-state index contributed by atoms with van der Waals surface area (Å²) in [5.74, 6) is 0.887. The van der Waals surface area contributed by atoms with Crippen molar-refractivity contribution >= 4 is 17.2 Å². The van der Waals surface area contributed by atoms with Crippen LogP contribution in [0.4, 0.5) is 0 Å². The van der Waals surface area contributed by atoms with Gasteiger partial charge in [0, 0.05) is 23.5 Å². The molecule has 84 valence electrons. The Balaban J connectivity index is 2.57. The lowest BCUT2D eigenvalue weighted by molar-refractivity contribution is -0.107. The second kappa shape index (κ2) is 4.39. The predicted octanol–water partition coefficient (Wildman–Crippen LogP) is 2.62. The quantitative estimate of drug-likeness (QED) is 0.800. The Kier molecular flexibility index (Phi) is 2.95. The fraction of sp³-hybridized carbons (Fsp3) is 0.308. The molecule has 0 fully saturated rings. The third-order valence-electron chi connectivity index (χ3n) is 2.81. The number of benzene rings is 1. The Bertz CT molecular complexity index is 514. The fourth-order valence-corrected chi connectivity index (χ4v) is 2.04. The van der Waals surface area contributed by atoms with E-state index in [2.05, 4.69) is 4.98 Å². The molecule has 0 spiro atoms. The van der Waals surface area contributed by atoms with E-state index in [0.29, 0.717) is 6.42 Å². The summed E-state index contributed by atoms with van der Waals surface area (Å²) in [6, 6.07) is 4.05. The summed E-state index contributed by atoms with van der Waals surface area (Å²) >= 11 is 0. The number of aldehydes is 1. The third kappa shape index (κ3) is 1.69. The maximum absolute atomic E-state index is 10.4. The minimum atomic E-state index is 0.533. The van der Waals surface area contributed by atoms with Gasteiger partial charge in [-0.25, -0.2) is 0 Å². The second-order valence-electron chi connectivity index (χ2n) is 3.86. The molecule has 0 aliphatic rings. The van der Waals surface area contributed by atoms with E-state index >= 15 is 0 Å². The van der Waals surface area contributed by atoms with E-state index in [9.17, 15) is 4.79 Å². The van der Waals surface area contributed by atoms with Crippen LogP contribution in [-0.4, -0.2) is 18.4 Å². The predicted molar refractivity (Wildman–Crippen MR) is 64.0 cm³/mol. The Labute approximate surface area is 94.4 Å². The van der Waals surface area contributed by atoms with Crippen LogP contribution in [0.3, 0.4) is 0 Å². The number of nitrogens with one attached hydrogen (secondary N) is 1. The molecule has 1 aromatic heterocycles. The van der Waals surface area contributed by atoms with Gasteiger partial charge in [0.25, 0.3) is 0 Å². The van der Waals surface area contributed by atoms with Gasteiger partial charge in [0.2, 0.25) is 0 Å². The van der Waals surface area contributed by atoms with Gasteiger partial charge in [0.1, 0.15) is 12.0 Å². The highest BCUT2D eigenvalue weighted by molar-refractivity contribution is 5.90. The maximum Gasteiger partial charge on any atom is 0.131 e. The van der Waals surface area contributed by atoms with Crippen molar-refractivity contribution in [2.24, 2.45) is 0 Å². The van der Waals surface area contributed by atoms with Crippen LogP contribution < -0.4 is 4.74 Å². The molecule has 0 saturated heterocycles. The molecule has 0 radical (unpaired) electrons. The number of ether oxygens (including phenoxy) is 1. The minimum Gasteiger partial charge on any atom is -0.496 e. The number of carbonyl (C=O) groups excluding carboxylic acids is 1. The van der Waals surface area contributed by atoms with Gasteiger partial charge < -0.3 is 14.5 Å². The minimum absolute atomic E-state index is 0.533. The number of aromatic amines is 1. The van der Waals surface area contributed by atoms with Gasteiger partial charge in [-0.15, -0.1) is 0 Å². The van der Waals surface area contributed by atoms with Crippen LogP contribution >= 0.6 is 0 Å². The van der Waals surface area contributed by atoms with Gasteiger partial charge in [0.05, 0.1) is 7.11 Å². The molecule has 0 aliphatic heterocycles. The van der Waals surface area contributed by atoms with Crippen LogP contribution in [0.2, 0.25) is 0 Å². The first-order valence-electron chi connectivity index (χ1n) is 5.35. The molecule has 0 saturated carbocycles. The lowest BCUT2D eigenvalue weighted by atomic mass is 10.0. The summed E-state index contributed by atoms with van der Waals surface area (Å²) < 4.78 is 5.46. The van der Waals surface area contributed by atoms with Crippen LogP contribution in [0.15, 0.2) is 18.3 Å². The van der Waals surface area contributed by atoms with E-state index in [0.717, 1.165) is 34.9 Å². The van der Waals surface area contributed by atoms with E-state index < -0.39 is 0 Å². The molecule has 1 N–H and O–H groups in total. The van der Waals surface area contributed by atoms with Gasteiger partial charge in [-0.2, -0.15) is 0 Å². The van der Waals surface area contributed by atoms with Crippen LogP contribution in [0, 0.1) is 6.92 Å². The standard InChI is InChI=1S/C13H15NO2/c1-9-8-14-11-6-5-10(4-3-7-15)13(16-2)12(9)11/h5-8,14H,3-4H2,1-2H3. The van der Waals surface area contributed by atoms with Crippen molar-refractivity contribution in [1.82, 2.24) is 4.98 Å². The van der Waals surface area contributed by atoms with Gasteiger partial charge in [-0.1, -0.05) is 6.07 Å². The van der Waals surface area contributed by atoms with Gasteiger partial charge >= 0.3 is 0 Å². The fourth-order valence-electron chi connectivity index (χ4n) is 2.04. The third-order valence-corrected chi connectivity index (χ3v) is 2.81. The average Bonchev–Trinajstić information content (AvgIpc) is 2.68. The monoisotopic (exact) mass is 217 g/mol. The molecule has 3 nitrogen and oxygen atoms in total. The molecule has 1 heterocycles. The topological polar surface area (TPSA) is 42.1 Å². The van der Waals surface area contributed by atoms with Crippen molar-refractivity contribution in [3.8, 4) is 5.75 Å². The van der Waals surface area contributed by atoms with Crippen molar-refractivity contribution < 1.29 is 9.53 Å². The van der Waals surface area contributed by atoms with Crippen LogP contribution in [0.5, 0.6) is 5.75 Å². The van der Waals surface area contributed by atoms with Gasteiger partial charge in [-0.3, -0.25) is 0 Å². The number of aromatic nitrogens is 1. The summed E-state index contributed by atoms with van der Waals surface area (Å²) in [6.07, 6.45) is 4.17. The molecule has 0 atom stereocenters. The first-order chi connectivity index (χ1) is 7.77. The summed E-state index contributed by atoms with van der Waals surface area (Å²) in [7, 11) is 1.67. The van der Waals surface area contributed by atoms with Crippen molar-refractivity contribution in [1.29, 1.82) is 0 Å². The number of fused-ring (bicyclic) bond motifs is 1. The SMILES string of the molecule is COc1c(CCC=O)ccc2[nH]cc(C)c12. The Morgan fingerprint density at radius 2 is 2.25 bits per heavy atom. The molecule has 0 bridgehead atoms.